The molecule has 168 valence electrons. The number of aromatic nitrogens is 1. The fourth-order valence-corrected chi connectivity index (χ4v) is 5.43. The first kappa shape index (κ1) is 22.3. The van der Waals surface area contributed by atoms with Gasteiger partial charge in [0.25, 0.3) is 0 Å². The van der Waals surface area contributed by atoms with Gasteiger partial charge in [-0.05, 0) is 73.4 Å². The van der Waals surface area contributed by atoms with Gasteiger partial charge in [0.2, 0.25) is 0 Å². The summed E-state index contributed by atoms with van der Waals surface area (Å²) in [5.41, 5.74) is 1.89. The molecule has 1 N–H and O–H groups in total. The molecular formula is C27H38N2O2. The number of rotatable bonds is 10. The Balaban J connectivity index is 1.44. The van der Waals surface area contributed by atoms with Crippen LogP contribution in [0.2, 0.25) is 0 Å². The van der Waals surface area contributed by atoms with Crippen molar-refractivity contribution >= 4 is 10.9 Å². The number of benzene rings is 1. The van der Waals surface area contributed by atoms with E-state index < -0.39 is 6.10 Å². The average Bonchev–Trinajstić information content (AvgIpc) is 2.80. The zero-order valence-electron chi connectivity index (χ0n) is 19.2. The van der Waals surface area contributed by atoms with Gasteiger partial charge in [-0.2, -0.15) is 0 Å². The van der Waals surface area contributed by atoms with Gasteiger partial charge in [-0.15, -0.1) is 6.58 Å². The van der Waals surface area contributed by atoms with Crippen LogP contribution in [-0.2, 0) is 0 Å². The van der Waals surface area contributed by atoms with Crippen molar-refractivity contribution in [2.75, 3.05) is 19.7 Å². The molecule has 0 amide bonds. The normalized spacial score (nSPS) is 26.3. The van der Waals surface area contributed by atoms with E-state index in [2.05, 4.69) is 42.5 Å². The second-order valence-electron chi connectivity index (χ2n) is 9.86. The summed E-state index contributed by atoms with van der Waals surface area (Å²) in [6.45, 7) is 11.4. The summed E-state index contributed by atoms with van der Waals surface area (Å²) in [4.78, 5) is 6.99. The number of hydrogen-bond donors (Lipinski definition) is 1. The van der Waals surface area contributed by atoms with Crippen molar-refractivity contribution < 1.29 is 9.84 Å². The Morgan fingerprint density at radius 1 is 1.26 bits per heavy atom. The van der Waals surface area contributed by atoms with Crippen LogP contribution in [0.3, 0.4) is 0 Å². The number of aliphatic hydroxyl groups is 1. The van der Waals surface area contributed by atoms with Gasteiger partial charge in [-0.1, -0.05) is 39.2 Å². The first-order valence-electron chi connectivity index (χ1n) is 12.1. The fraction of sp³-hybridized carbons (Fsp3) is 0.593. The number of pyridine rings is 1. The number of ether oxygens (including phenoxy) is 1. The Morgan fingerprint density at radius 2 is 2.13 bits per heavy atom. The third-order valence-corrected chi connectivity index (χ3v) is 7.28. The molecule has 0 radical (unpaired) electrons. The lowest BCUT2D eigenvalue weighted by atomic mass is 9.73. The number of unbranched alkanes of at least 4 members (excludes halogenated alkanes) is 2. The smallest absolute Gasteiger partial charge is 0.120 e. The Kier molecular flexibility index (Phi) is 7.29. The van der Waals surface area contributed by atoms with Crippen LogP contribution in [-0.4, -0.2) is 40.7 Å². The van der Waals surface area contributed by atoms with E-state index in [1.165, 1.54) is 25.7 Å². The molecule has 1 aromatic heterocycles. The molecule has 0 spiro atoms. The molecule has 4 nitrogen and oxygen atoms in total. The third-order valence-electron chi connectivity index (χ3n) is 7.28. The van der Waals surface area contributed by atoms with E-state index in [1.807, 2.05) is 24.4 Å². The van der Waals surface area contributed by atoms with Crippen LogP contribution in [0, 0.1) is 17.8 Å². The fourth-order valence-electron chi connectivity index (χ4n) is 5.43. The van der Waals surface area contributed by atoms with Gasteiger partial charge < -0.3 is 9.84 Å². The molecule has 4 heterocycles. The molecule has 5 rings (SSSR count). The standard InChI is InChI=1S/C27H38N2O2/c1-4-20-18-29-14-12-21(20)16-26(29)27(30)23-11-13-28-25-10-9-22(17-24(23)25)31-15-7-5-6-8-19(2)3/h4,9-11,13,17,19-21,26-27,30H,1,5-8,12,14-16,18H2,2-3H3. The summed E-state index contributed by atoms with van der Waals surface area (Å²) in [5.74, 6) is 2.85. The van der Waals surface area contributed by atoms with E-state index in [9.17, 15) is 5.11 Å². The van der Waals surface area contributed by atoms with Crippen LogP contribution in [0.25, 0.3) is 10.9 Å². The third kappa shape index (κ3) is 5.12. The molecule has 3 saturated heterocycles. The molecule has 3 fully saturated rings. The number of piperidine rings is 3. The lowest BCUT2D eigenvalue weighted by molar-refractivity contribution is -0.0444. The number of fused-ring (bicyclic) bond motifs is 4. The maximum absolute atomic E-state index is 11.4. The number of nitrogens with zero attached hydrogens (tertiary/aromatic N) is 2. The molecular weight excluding hydrogens is 384 g/mol. The van der Waals surface area contributed by atoms with Gasteiger partial charge in [0.05, 0.1) is 18.2 Å². The van der Waals surface area contributed by atoms with Gasteiger partial charge in [0, 0.05) is 24.2 Å². The topological polar surface area (TPSA) is 45.6 Å². The maximum Gasteiger partial charge on any atom is 0.120 e. The monoisotopic (exact) mass is 422 g/mol. The van der Waals surface area contributed by atoms with E-state index in [4.69, 9.17) is 4.74 Å². The van der Waals surface area contributed by atoms with Gasteiger partial charge in [-0.25, -0.2) is 0 Å². The van der Waals surface area contributed by atoms with Crippen molar-refractivity contribution in [1.29, 1.82) is 0 Å². The predicted octanol–water partition coefficient (Wildman–Crippen LogP) is 5.76. The van der Waals surface area contributed by atoms with E-state index in [1.54, 1.807) is 0 Å². The minimum atomic E-state index is -0.509. The highest BCUT2D eigenvalue weighted by molar-refractivity contribution is 5.84. The molecule has 0 saturated carbocycles. The van der Waals surface area contributed by atoms with E-state index in [0.29, 0.717) is 11.8 Å². The van der Waals surface area contributed by atoms with Gasteiger partial charge in [0.1, 0.15) is 5.75 Å². The molecule has 5 atom stereocenters. The molecule has 2 bridgehead atoms. The van der Waals surface area contributed by atoms with E-state index in [0.717, 1.165) is 60.7 Å². The van der Waals surface area contributed by atoms with Gasteiger partial charge in [-0.3, -0.25) is 9.88 Å². The van der Waals surface area contributed by atoms with Crippen LogP contribution in [0.5, 0.6) is 5.75 Å². The van der Waals surface area contributed by atoms with Crippen LogP contribution in [0.4, 0.5) is 0 Å². The van der Waals surface area contributed by atoms with Crippen molar-refractivity contribution in [2.24, 2.45) is 17.8 Å². The minimum Gasteiger partial charge on any atom is -0.494 e. The largest absolute Gasteiger partial charge is 0.494 e. The Hall–Kier alpha value is -1.91. The van der Waals surface area contributed by atoms with Crippen LogP contribution < -0.4 is 4.74 Å². The summed E-state index contributed by atoms with van der Waals surface area (Å²) in [5, 5.41) is 12.4. The van der Waals surface area contributed by atoms with Crippen molar-refractivity contribution in [1.82, 2.24) is 9.88 Å². The van der Waals surface area contributed by atoms with Crippen molar-refractivity contribution in [3.05, 3.63) is 48.7 Å². The highest BCUT2D eigenvalue weighted by Crippen LogP contribution is 2.42. The Bertz CT molecular complexity index is 881. The second kappa shape index (κ2) is 10.1. The molecule has 4 heteroatoms. The zero-order valence-corrected chi connectivity index (χ0v) is 19.2. The first-order chi connectivity index (χ1) is 15.1. The summed E-state index contributed by atoms with van der Waals surface area (Å²) >= 11 is 0. The molecule has 2 aromatic rings. The second-order valence-corrected chi connectivity index (χ2v) is 9.86. The molecule has 1 aromatic carbocycles. The highest BCUT2D eigenvalue weighted by Gasteiger charge is 2.42. The quantitative estimate of drug-likeness (QED) is 0.391. The van der Waals surface area contributed by atoms with Gasteiger partial charge >= 0.3 is 0 Å². The number of aliphatic hydroxyl groups excluding tert-OH is 1. The summed E-state index contributed by atoms with van der Waals surface area (Å²) in [6.07, 6.45) is 10.5. The molecule has 3 aliphatic rings. The Morgan fingerprint density at radius 3 is 2.87 bits per heavy atom. The van der Waals surface area contributed by atoms with Crippen molar-refractivity contribution in [3.8, 4) is 5.75 Å². The lowest BCUT2D eigenvalue weighted by Gasteiger charge is -2.50. The zero-order chi connectivity index (χ0) is 21.8. The lowest BCUT2D eigenvalue weighted by Crippen LogP contribution is -2.54. The molecule has 0 aliphatic carbocycles. The maximum atomic E-state index is 11.4. The molecule has 5 unspecified atom stereocenters. The van der Waals surface area contributed by atoms with E-state index >= 15 is 0 Å². The summed E-state index contributed by atoms with van der Waals surface area (Å²) < 4.78 is 6.05. The van der Waals surface area contributed by atoms with Crippen molar-refractivity contribution in [3.63, 3.8) is 0 Å². The van der Waals surface area contributed by atoms with E-state index in [-0.39, 0.29) is 6.04 Å². The van der Waals surface area contributed by atoms with Gasteiger partial charge in [0.15, 0.2) is 0 Å². The first-order valence-corrected chi connectivity index (χ1v) is 12.1. The predicted molar refractivity (Wildman–Crippen MR) is 127 cm³/mol. The SMILES string of the molecule is C=CC1CN2CCC1CC2C(O)c1ccnc2ccc(OCCCCCC(C)C)cc12. The molecule has 31 heavy (non-hydrogen) atoms. The molecule has 3 aliphatic heterocycles. The summed E-state index contributed by atoms with van der Waals surface area (Å²) in [6, 6.07) is 8.24. The minimum absolute atomic E-state index is 0.172. The highest BCUT2D eigenvalue weighted by atomic mass is 16.5. The Labute approximate surface area is 187 Å². The summed E-state index contributed by atoms with van der Waals surface area (Å²) in [7, 11) is 0. The average molecular weight is 423 g/mol. The van der Waals surface area contributed by atoms with Crippen LogP contribution in [0.15, 0.2) is 43.1 Å². The van der Waals surface area contributed by atoms with Crippen LogP contribution >= 0.6 is 0 Å². The van der Waals surface area contributed by atoms with Crippen LogP contribution in [0.1, 0.15) is 64.0 Å². The van der Waals surface area contributed by atoms with Crippen molar-refractivity contribution in [2.45, 2.75) is 64.5 Å². The number of hydrogen-bond acceptors (Lipinski definition) is 4.